The van der Waals surface area contributed by atoms with Crippen molar-refractivity contribution in [1.82, 2.24) is 0 Å². The number of amides is 1. The summed E-state index contributed by atoms with van der Waals surface area (Å²) in [5.74, 6) is 0.104. The van der Waals surface area contributed by atoms with Crippen LogP contribution < -0.4 is 5.32 Å². The van der Waals surface area contributed by atoms with E-state index in [1.165, 1.54) is 10.4 Å². The predicted octanol–water partition coefficient (Wildman–Crippen LogP) is 3.94. The zero-order valence-electron chi connectivity index (χ0n) is 11.5. The number of hydrogen-bond donors (Lipinski definition) is 2. The number of carbonyl (C=O) groups is 1. The molecular weight excluding hydrogens is 258 g/mol. The molecule has 0 saturated carbocycles. The molecule has 2 aromatic rings. The molecular formula is C15H17NO2S. The van der Waals surface area contributed by atoms with E-state index in [1.54, 1.807) is 37.3 Å². The minimum atomic E-state index is -0.146. The second-order valence-electron chi connectivity index (χ2n) is 4.76. The molecule has 19 heavy (non-hydrogen) atoms. The molecule has 0 fully saturated rings. The van der Waals surface area contributed by atoms with Crippen LogP contribution in [0.15, 0.2) is 18.2 Å². The van der Waals surface area contributed by atoms with Gasteiger partial charge in [-0.3, -0.25) is 4.79 Å². The van der Waals surface area contributed by atoms with Crippen molar-refractivity contribution < 1.29 is 9.90 Å². The van der Waals surface area contributed by atoms with Crippen molar-refractivity contribution in [2.75, 3.05) is 5.32 Å². The first-order valence-electron chi connectivity index (χ1n) is 6.07. The molecule has 1 heterocycles. The molecule has 0 saturated heterocycles. The lowest BCUT2D eigenvalue weighted by Crippen LogP contribution is -2.11. The van der Waals surface area contributed by atoms with Gasteiger partial charge in [-0.25, -0.2) is 0 Å². The van der Waals surface area contributed by atoms with Gasteiger partial charge in [0.1, 0.15) is 5.75 Å². The Bertz CT molecular complexity index is 601. The smallest absolute Gasteiger partial charge is 0.256 e. The molecule has 4 heteroatoms. The van der Waals surface area contributed by atoms with E-state index < -0.39 is 0 Å². The molecule has 0 bridgehead atoms. The number of thiophene rings is 1. The van der Waals surface area contributed by atoms with Gasteiger partial charge in [-0.05, 0) is 62.6 Å². The molecule has 3 nitrogen and oxygen atoms in total. The molecule has 2 rings (SSSR count). The first-order chi connectivity index (χ1) is 8.88. The summed E-state index contributed by atoms with van der Waals surface area (Å²) < 4.78 is 0. The van der Waals surface area contributed by atoms with Gasteiger partial charge < -0.3 is 10.4 Å². The summed E-state index contributed by atoms with van der Waals surface area (Å²) in [7, 11) is 0. The Morgan fingerprint density at radius 1 is 1.05 bits per heavy atom. The van der Waals surface area contributed by atoms with E-state index in [9.17, 15) is 9.90 Å². The van der Waals surface area contributed by atoms with Gasteiger partial charge in [0, 0.05) is 10.4 Å². The van der Waals surface area contributed by atoms with Crippen LogP contribution >= 0.6 is 11.3 Å². The normalized spacial score (nSPS) is 10.5. The maximum Gasteiger partial charge on any atom is 0.256 e. The third kappa shape index (κ3) is 2.79. The summed E-state index contributed by atoms with van der Waals surface area (Å²) in [5, 5.41) is 13.5. The maximum absolute atomic E-state index is 12.2. The summed E-state index contributed by atoms with van der Waals surface area (Å²) in [6.07, 6.45) is 0. The summed E-state index contributed by atoms with van der Waals surface area (Å²) in [6, 6.07) is 5.37. The maximum atomic E-state index is 12.2. The summed E-state index contributed by atoms with van der Waals surface area (Å²) >= 11 is 1.57. The van der Waals surface area contributed by atoms with Gasteiger partial charge in [-0.2, -0.15) is 0 Å². The minimum absolute atomic E-state index is 0.146. The third-order valence-electron chi connectivity index (χ3n) is 3.16. The topological polar surface area (TPSA) is 49.3 Å². The van der Waals surface area contributed by atoms with Gasteiger partial charge >= 0.3 is 0 Å². The summed E-state index contributed by atoms with van der Waals surface area (Å²) in [5.41, 5.74) is 3.17. The van der Waals surface area contributed by atoms with E-state index in [4.69, 9.17) is 0 Å². The number of phenols is 1. The van der Waals surface area contributed by atoms with Crippen molar-refractivity contribution in [3.05, 3.63) is 45.3 Å². The van der Waals surface area contributed by atoms with Gasteiger partial charge in [0.05, 0.1) is 5.00 Å². The fourth-order valence-electron chi connectivity index (χ4n) is 1.91. The largest absolute Gasteiger partial charge is 0.507 e. The van der Waals surface area contributed by atoms with Gasteiger partial charge in [-0.15, -0.1) is 11.3 Å². The Hall–Kier alpha value is -1.81. The molecule has 1 aromatic heterocycles. The second kappa shape index (κ2) is 5.05. The van der Waals surface area contributed by atoms with E-state index in [2.05, 4.69) is 5.32 Å². The highest BCUT2D eigenvalue weighted by molar-refractivity contribution is 7.16. The zero-order chi connectivity index (χ0) is 14.2. The molecule has 2 N–H and O–H groups in total. The molecule has 0 unspecified atom stereocenters. The van der Waals surface area contributed by atoms with Gasteiger partial charge in [-0.1, -0.05) is 0 Å². The Morgan fingerprint density at radius 2 is 1.63 bits per heavy atom. The highest BCUT2D eigenvalue weighted by Crippen LogP contribution is 2.27. The second-order valence-corrected chi connectivity index (χ2v) is 6.02. The quantitative estimate of drug-likeness (QED) is 0.872. The van der Waals surface area contributed by atoms with Gasteiger partial charge in [0.15, 0.2) is 0 Å². The monoisotopic (exact) mass is 275 g/mol. The lowest BCUT2D eigenvalue weighted by atomic mass is 10.1. The number of nitrogens with one attached hydrogen (secondary N) is 1. The third-order valence-corrected chi connectivity index (χ3v) is 4.22. The summed E-state index contributed by atoms with van der Waals surface area (Å²) in [6.45, 7) is 7.64. The number of benzene rings is 1. The molecule has 1 amide bonds. The average molecular weight is 275 g/mol. The lowest BCUT2D eigenvalue weighted by molar-refractivity contribution is 0.102. The Balaban J connectivity index is 2.25. The SMILES string of the molecule is Cc1cc(NC(=O)c2cc(C)c(O)c(C)c2)sc1C. The number of rotatable bonds is 2. The highest BCUT2D eigenvalue weighted by Gasteiger charge is 2.12. The van der Waals surface area contributed by atoms with Gasteiger partial charge in [0.25, 0.3) is 5.91 Å². The van der Waals surface area contributed by atoms with Crippen LogP contribution in [0.3, 0.4) is 0 Å². The van der Waals surface area contributed by atoms with Crippen LogP contribution in [0.5, 0.6) is 5.75 Å². The molecule has 0 aliphatic heterocycles. The Labute approximate surface area is 116 Å². The van der Waals surface area contributed by atoms with Crippen molar-refractivity contribution in [1.29, 1.82) is 0 Å². The van der Waals surface area contributed by atoms with Crippen LogP contribution in [0.4, 0.5) is 5.00 Å². The van der Waals surface area contributed by atoms with Gasteiger partial charge in [0.2, 0.25) is 0 Å². The first kappa shape index (κ1) is 13.6. The molecule has 1 aromatic carbocycles. The fourth-order valence-corrected chi connectivity index (χ4v) is 2.84. The Kier molecular flexibility index (Phi) is 3.62. The molecule has 100 valence electrons. The molecule has 0 aliphatic carbocycles. The highest BCUT2D eigenvalue weighted by atomic mass is 32.1. The molecule has 0 radical (unpaired) electrons. The van der Waals surface area contributed by atoms with Crippen LogP contribution in [-0.2, 0) is 0 Å². The summed E-state index contributed by atoms with van der Waals surface area (Å²) in [4.78, 5) is 13.4. The number of anilines is 1. The molecule has 0 atom stereocenters. The number of aromatic hydroxyl groups is 1. The van der Waals surface area contributed by atoms with Crippen molar-refractivity contribution >= 4 is 22.2 Å². The Morgan fingerprint density at radius 3 is 2.11 bits per heavy atom. The van der Waals surface area contributed by atoms with E-state index >= 15 is 0 Å². The number of phenolic OH excluding ortho intramolecular Hbond substituents is 1. The van der Waals surface area contributed by atoms with Crippen LogP contribution in [-0.4, -0.2) is 11.0 Å². The minimum Gasteiger partial charge on any atom is -0.507 e. The van der Waals surface area contributed by atoms with E-state index in [0.29, 0.717) is 16.7 Å². The fraction of sp³-hybridized carbons (Fsp3) is 0.267. The van der Waals surface area contributed by atoms with Crippen molar-refractivity contribution in [2.24, 2.45) is 0 Å². The van der Waals surface area contributed by atoms with Crippen LogP contribution in [0, 0.1) is 27.7 Å². The first-order valence-corrected chi connectivity index (χ1v) is 6.88. The predicted molar refractivity (Wildman–Crippen MR) is 79.3 cm³/mol. The van der Waals surface area contributed by atoms with Crippen molar-refractivity contribution in [2.45, 2.75) is 27.7 Å². The number of hydrogen-bond acceptors (Lipinski definition) is 3. The molecule has 0 spiro atoms. The van der Waals surface area contributed by atoms with E-state index in [1.807, 2.05) is 19.9 Å². The molecule has 0 aliphatic rings. The van der Waals surface area contributed by atoms with Crippen LogP contribution in [0.2, 0.25) is 0 Å². The van der Waals surface area contributed by atoms with Crippen LogP contribution in [0.25, 0.3) is 0 Å². The van der Waals surface area contributed by atoms with Crippen molar-refractivity contribution in [3.63, 3.8) is 0 Å². The lowest BCUT2D eigenvalue weighted by Gasteiger charge is -2.07. The number of carbonyl (C=O) groups excluding carboxylic acids is 1. The standard InChI is InChI=1S/C15H17NO2S/c1-8-7-13(19-11(8)4)16-15(18)12-5-9(2)14(17)10(3)6-12/h5-7,17H,1-4H3,(H,16,18). The average Bonchev–Trinajstić information content (AvgIpc) is 2.64. The van der Waals surface area contributed by atoms with E-state index in [0.717, 1.165) is 5.00 Å². The zero-order valence-corrected chi connectivity index (χ0v) is 12.3. The van der Waals surface area contributed by atoms with Crippen molar-refractivity contribution in [3.8, 4) is 5.75 Å². The number of aryl methyl sites for hydroxylation is 4. The van der Waals surface area contributed by atoms with Crippen LogP contribution in [0.1, 0.15) is 31.9 Å². The van der Waals surface area contributed by atoms with E-state index in [-0.39, 0.29) is 11.7 Å².